The third kappa shape index (κ3) is 3.74. The number of hydrogen-bond donors (Lipinski definition) is 0. The van der Waals surface area contributed by atoms with Gasteiger partial charge in [0.05, 0.1) is 26.4 Å². The minimum atomic E-state index is -0.128. The van der Waals surface area contributed by atoms with Crippen LogP contribution >= 0.6 is 0 Å². The Balaban J connectivity index is 1.39. The van der Waals surface area contributed by atoms with Crippen molar-refractivity contribution >= 4 is 5.91 Å². The van der Waals surface area contributed by atoms with Gasteiger partial charge >= 0.3 is 0 Å². The minimum absolute atomic E-state index is 0.0590. The van der Waals surface area contributed by atoms with Gasteiger partial charge in [0.15, 0.2) is 0 Å². The summed E-state index contributed by atoms with van der Waals surface area (Å²) in [5.41, 5.74) is 1.13. The molecule has 8 heteroatoms. The highest BCUT2D eigenvalue weighted by molar-refractivity contribution is 5.91. The van der Waals surface area contributed by atoms with Crippen LogP contribution in [-0.2, 0) is 11.3 Å². The summed E-state index contributed by atoms with van der Waals surface area (Å²) in [5.74, 6) is 0.803. The van der Waals surface area contributed by atoms with E-state index in [1.54, 1.807) is 12.3 Å². The van der Waals surface area contributed by atoms with Gasteiger partial charge in [0.2, 0.25) is 5.76 Å². The molecule has 0 bridgehead atoms. The second-order valence-electron chi connectivity index (χ2n) is 7.84. The molecular formula is C20H26N4O4. The van der Waals surface area contributed by atoms with Crippen LogP contribution in [0.4, 0.5) is 0 Å². The minimum Gasteiger partial charge on any atom is -0.479 e. The van der Waals surface area contributed by atoms with Crippen molar-refractivity contribution in [1.82, 2.24) is 19.9 Å². The predicted octanol–water partition coefficient (Wildman–Crippen LogP) is 1.69. The van der Waals surface area contributed by atoms with Crippen LogP contribution in [0.25, 0.3) is 0 Å². The number of hydrogen-bond acceptors (Lipinski definition) is 7. The normalized spacial score (nSPS) is 24.9. The summed E-state index contributed by atoms with van der Waals surface area (Å²) in [6, 6.07) is 5.48. The number of ether oxygens (including phenoxy) is 2. The molecule has 0 radical (unpaired) electrons. The Kier molecular flexibility index (Phi) is 5.32. The van der Waals surface area contributed by atoms with Crippen LogP contribution in [0.3, 0.4) is 0 Å². The lowest BCUT2D eigenvalue weighted by molar-refractivity contribution is 0.0488. The number of amides is 1. The molecular weight excluding hydrogens is 360 g/mol. The molecule has 1 amide bonds. The maximum Gasteiger partial charge on any atom is 0.292 e. The van der Waals surface area contributed by atoms with Crippen LogP contribution in [0, 0.1) is 11.3 Å². The molecule has 0 saturated carbocycles. The lowest BCUT2D eigenvalue weighted by Gasteiger charge is -2.30. The largest absolute Gasteiger partial charge is 0.479 e. The van der Waals surface area contributed by atoms with E-state index in [9.17, 15) is 4.79 Å². The third-order valence-corrected chi connectivity index (χ3v) is 5.87. The van der Waals surface area contributed by atoms with Gasteiger partial charge in [-0.05, 0) is 30.3 Å². The summed E-state index contributed by atoms with van der Waals surface area (Å²) < 4.78 is 16.2. The van der Waals surface area contributed by atoms with Crippen LogP contribution in [0.5, 0.6) is 5.88 Å². The predicted molar refractivity (Wildman–Crippen MR) is 101 cm³/mol. The number of rotatable bonds is 6. The summed E-state index contributed by atoms with van der Waals surface area (Å²) in [6.07, 6.45) is 4.56. The molecule has 2 aliphatic rings. The molecule has 4 heterocycles. The SMILES string of the molecule is COc1cc(C(=O)N2CC[C@@]3(CN(C)C[C@H]3COCc3cccnc3)C2)on1. The second-order valence-corrected chi connectivity index (χ2v) is 7.84. The van der Waals surface area contributed by atoms with E-state index in [2.05, 4.69) is 22.1 Å². The molecule has 0 N–H and O–H groups in total. The van der Waals surface area contributed by atoms with Crippen LogP contribution in [0.15, 0.2) is 35.1 Å². The summed E-state index contributed by atoms with van der Waals surface area (Å²) >= 11 is 0. The van der Waals surface area contributed by atoms with Gasteiger partial charge in [0.1, 0.15) is 0 Å². The molecule has 28 heavy (non-hydrogen) atoms. The maximum absolute atomic E-state index is 12.8. The Hall–Kier alpha value is -2.45. The van der Waals surface area contributed by atoms with E-state index in [1.807, 2.05) is 23.2 Å². The van der Waals surface area contributed by atoms with Crippen LogP contribution < -0.4 is 4.74 Å². The van der Waals surface area contributed by atoms with Crippen LogP contribution in [0.1, 0.15) is 22.5 Å². The summed E-state index contributed by atoms with van der Waals surface area (Å²) in [4.78, 5) is 21.1. The van der Waals surface area contributed by atoms with Crippen molar-refractivity contribution in [2.75, 3.05) is 46.9 Å². The van der Waals surface area contributed by atoms with Crippen molar-refractivity contribution in [2.24, 2.45) is 11.3 Å². The molecule has 2 saturated heterocycles. The average Bonchev–Trinajstić information content (AvgIpc) is 3.42. The van der Waals surface area contributed by atoms with E-state index < -0.39 is 0 Å². The van der Waals surface area contributed by atoms with E-state index in [-0.39, 0.29) is 17.1 Å². The van der Waals surface area contributed by atoms with Gasteiger partial charge < -0.3 is 23.8 Å². The fraction of sp³-hybridized carbons (Fsp3) is 0.550. The molecule has 2 aliphatic heterocycles. The number of carbonyl (C=O) groups is 1. The molecule has 1 spiro atoms. The van der Waals surface area contributed by atoms with Crippen molar-refractivity contribution in [3.05, 3.63) is 41.9 Å². The first kappa shape index (κ1) is 18.9. The van der Waals surface area contributed by atoms with Gasteiger partial charge in [0, 0.05) is 49.9 Å². The quantitative estimate of drug-likeness (QED) is 0.747. The Bertz CT molecular complexity index is 812. The van der Waals surface area contributed by atoms with Crippen molar-refractivity contribution in [1.29, 1.82) is 0 Å². The van der Waals surface area contributed by atoms with Crippen LogP contribution in [0.2, 0.25) is 0 Å². The van der Waals surface area contributed by atoms with E-state index in [0.29, 0.717) is 31.6 Å². The van der Waals surface area contributed by atoms with Gasteiger partial charge in [0.25, 0.3) is 11.8 Å². The lowest BCUT2D eigenvalue weighted by atomic mass is 9.77. The van der Waals surface area contributed by atoms with Crippen molar-refractivity contribution in [3.63, 3.8) is 0 Å². The fourth-order valence-electron chi connectivity index (χ4n) is 4.48. The number of methoxy groups -OCH3 is 1. The Morgan fingerprint density at radius 2 is 2.32 bits per heavy atom. The number of aromatic nitrogens is 2. The highest BCUT2D eigenvalue weighted by atomic mass is 16.5. The Morgan fingerprint density at radius 1 is 1.43 bits per heavy atom. The van der Waals surface area contributed by atoms with Crippen molar-refractivity contribution in [3.8, 4) is 5.88 Å². The van der Waals surface area contributed by atoms with E-state index in [4.69, 9.17) is 14.0 Å². The van der Waals surface area contributed by atoms with Gasteiger partial charge in [-0.15, -0.1) is 0 Å². The highest BCUT2D eigenvalue weighted by Gasteiger charge is 2.50. The van der Waals surface area contributed by atoms with E-state index >= 15 is 0 Å². The van der Waals surface area contributed by atoms with Gasteiger partial charge in [-0.2, -0.15) is 0 Å². The van der Waals surface area contributed by atoms with Gasteiger partial charge in [-0.3, -0.25) is 9.78 Å². The van der Waals surface area contributed by atoms with E-state index in [1.165, 1.54) is 7.11 Å². The molecule has 4 rings (SSSR count). The molecule has 2 aromatic rings. The second kappa shape index (κ2) is 7.89. The molecule has 150 valence electrons. The number of carbonyl (C=O) groups excluding carboxylic acids is 1. The topological polar surface area (TPSA) is 80.9 Å². The number of pyridine rings is 1. The summed E-state index contributed by atoms with van der Waals surface area (Å²) in [7, 11) is 3.64. The zero-order valence-corrected chi connectivity index (χ0v) is 16.3. The Labute approximate surface area is 164 Å². The van der Waals surface area contributed by atoms with Crippen molar-refractivity contribution < 1.29 is 18.8 Å². The molecule has 0 unspecified atom stereocenters. The monoisotopic (exact) mass is 386 g/mol. The van der Waals surface area contributed by atoms with Crippen LogP contribution in [-0.4, -0.2) is 72.8 Å². The first-order valence-electron chi connectivity index (χ1n) is 9.55. The summed E-state index contributed by atoms with van der Waals surface area (Å²) in [5, 5.41) is 3.73. The highest BCUT2D eigenvalue weighted by Crippen LogP contribution is 2.44. The van der Waals surface area contributed by atoms with E-state index in [0.717, 1.165) is 31.6 Å². The van der Waals surface area contributed by atoms with Gasteiger partial charge in [-0.25, -0.2) is 0 Å². The molecule has 2 atom stereocenters. The standard InChI is InChI=1S/C20H26N4O4/c1-23-10-16(12-27-11-15-4-3-6-21-9-15)20(13-23)5-7-24(14-20)19(25)17-8-18(26-2)22-28-17/h3-4,6,8-9,16H,5,7,10-14H2,1-2H3/t16-,20+/m0/s1. The smallest absolute Gasteiger partial charge is 0.292 e. The number of likely N-dealkylation sites (tertiary alicyclic amines) is 2. The van der Waals surface area contributed by atoms with Crippen molar-refractivity contribution in [2.45, 2.75) is 13.0 Å². The molecule has 8 nitrogen and oxygen atoms in total. The zero-order valence-electron chi connectivity index (χ0n) is 16.3. The first-order valence-corrected chi connectivity index (χ1v) is 9.55. The average molecular weight is 386 g/mol. The Morgan fingerprint density at radius 3 is 3.07 bits per heavy atom. The number of nitrogens with zero attached hydrogens (tertiary/aromatic N) is 4. The molecule has 2 aromatic heterocycles. The zero-order chi connectivity index (χ0) is 19.6. The molecule has 0 aromatic carbocycles. The first-order chi connectivity index (χ1) is 13.6. The fourth-order valence-corrected chi connectivity index (χ4v) is 4.48. The maximum atomic E-state index is 12.8. The third-order valence-electron chi connectivity index (χ3n) is 5.87. The lowest BCUT2D eigenvalue weighted by Crippen LogP contribution is -2.38. The molecule has 0 aliphatic carbocycles. The summed E-state index contributed by atoms with van der Waals surface area (Å²) in [6.45, 7) is 4.61. The molecule has 2 fully saturated rings. The van der Waals surface area contributed by atoms with Gasteiger partial charge in [-0.1, -0.05) is 6.07 Å².